The summed E-state index contributed by atoms with van der Waals surface area (Å²) in [5, 5.41) is 3.36. The standard InChI is InChI=1S/C13H23N3O/c1-2-8-16(12-4-5-12)13(17)11-15-9-3-6-14-7-10-15/h2,12,14H,1,3-11H2. The molecular weight excluding hydrogens is 214 g/mol. The highest BCUT2D eigenvalue weighted by Gasteiger charge is 2.32. The van der Waals surface area contributed by atoms with Gasteiger partial charge in [-0.25, -0.2) is 0 Å². The third-order valence-electron chi connectivity index (χ3n) is 3.43. The summed E-state index contributed by atoms with van der Waals surface area (Å²) in [6.45, 7) is 9.11. The monoisotopic (exact) mass is 237 g/mol. The van der Waals surface area contributed by atoms with E-state index >= 15 is 0 Å². The van der Waals surface area contributed by atoms with Crippen LogP contribution in [0.4, 0.5) is 0 Å². The Morgan fingerprint density at radius 2 is 2.24 bits per heavy atom. The van der Waals surface area contributed by atoms with Gasteiger partial charge in [-0.05, 0) is 32.4 Å². The maximum atomic E-state index is 12.2. The summed E-state index contributed by atoms with van der Waals surface area (Å²) in [6, 6.07) is 0.491. The van der Waals surface area contributed by atoms with Gasteiger partial charge in [0.15, 0.2) is 0 Å². The minimum Gasteiger partial charge on any atom is -0.335 e. The molecule has 1 N–H and O–H groups in total. The average Bonchev–Trinajstić information content (AvgIpc) is 3.13. The number of nitrogens with one attached hydrogen (secondary N) is 1. The van der Waals surface area contributed by atoms with Crippen molar-refractivity contribution in [2.24, 2.45) is 0 Å². The van der Waals surface area contributed by atoms with Crippen molar-refractivity contribution in [3.63, 3.8) is 0 Å². The third kappa shape index (κ3) is 3.82. The minimum atomic E-state index is 0.273. The molecule has 17 heavy (non-hydrogen) atoms. The van der Waals surface area contributed by atoms with Crippen LogP contribution in [-0.4, -0.2) is 61.0 Å². The number of carbonyl (C=O) groups is 1. The van der Waals surface area contributed by atoms with Gasteiger partial charge in [0.1, 0.15) is 0 Å². The first-order valence-electron chi connectivity index (χ1n) is 6.64. The molecule has 0 unspecified atom stereocenters. The molecule has 0 atom stereocenters. The fourth-order valence-electron chi connectivity index (χ4n) is 2.32. The summed E-state index contributed by atoms with van der Waals surface area (Å²) in [4.78, 5) is 16.5. The number of hydrogen-bond acceptors (Lipinski definition) is 3. The second kappa shape index (κ2) is 6.17. The number of nitrogens with zero attached hydrogens (tertiary/aromatic N) is 2. The zero-order valence-electron chi connectivity index (χ0n) is 10.5. The van der Waals surface area contributed by atoms with Gasteiger partial charge >= 0.3 is 0 Å². The summed E-state index contributed by atoms with van der Waals surface area (Å²) in [7, 11) is 0. The van der Waals surface area contributed by atoms with Crippen LogP contribution in [-0.2, 0) is 4.79 Å². The maximum absolute atomic E-state index is 12.2. The fourth-order valence-corrected chi connectivity index (χ4v) is 2.32. The molecule has 1 amide bonds. The highest BCUT2D eigenvalue weighted by molar-refractivity contribution is 5.79. The normalized spacial score (nSPS) is 21.9. The SMILES string of the molecule is C=CCN(C(=O)CN1CCCNCC1)C1CC1. The lowest BCUT2D eigenvalue weighted by Crippen LogP contribution is -2.42. The van der Waals surface area contributed by atoms with E-state index in [2.05, 4.69) is 16.8 Å². The van der Waals surface area contributed by atoms with Crippen LogP contribution in [0.1, 0.15) is 19.3 Å². The van der Waals surface area contributed by atoms with E-state index in [1.54, 1.807) is 0 Å². The van der Waals surface area contributed by atoms with Crippen LogP contribution < -0.4 is 5.32 Å². The van der Waals surface area contributed by atoms with Crippen LogP contribution >= 0.6 is 0 Å². The van der Waals surface area contributed by atoms with Crippen molar-refractivity contribution in [1.29, 1.82) is 0 Å². The summed E-state index contributed by atoms with van der Waals surface area (Å²) in [6.07, 6.45) is 5.31. The first-order valence-corrected chi connectivity index (χ1v) is 6.64. The zero-order valence-corrected chi connectivity index (χ0v) is 10.5. The smallest absolute Gasteiger partial charge is 0.237 e. The third-order valence-corrected chi connectivity index (χ3v) is 3.43. The molecule has 4 heteroatoms. The van der Waals surface area contributed by atoms with Crippen molar-refractivity contribution in [2.45, 2.75) is 25.3 Å². The van der Waals surface area contributed by atoms with E-state index < -0.39 is 0 Å². The Morgan fingerprint density at radius 3 is 2.94 bits per heavy atom. The molecule has 0 spiro atoms. The van der Waals surface area contributed by atoms with Crippen LogP contribution in [0.5, 0.6) is 0 Å². The second-order valence-electron chi connectivity index (χ2n) is 4.95. The number of carbonyl (C=O) groups excluding carboxylic acids is 1. The molecule has 0 aromatic heterocycles. The molecule has 1 saturated heterocycles. The van der Waals surface area contributed by atoms with Crippen molar-refractivity contribution >= 4 is 5.91 Å². The van der Waals surface area contributed by atoms with Crippen LogP contribution in [0, 0.1) is 0 Å². The molecule has 0 aromatic carbocycles. The second-order valence-corrected chi connectivity index (χ2v) is 4.95. The molecule has 1 aliphatic heterocycles. The van der Waals surface area contributed by atoms with Gasteiger partial charge in [-0.2, -0.15) is 0 Å². The molecule has 0 bridgehead atoms. The average molecular weight is 237 g/mol. The molecule has 96 valence electrons. The lowest BCUT2D eigenvalue weighted by Gasteiger charge is -2.25. The first-order chi connectivity index (χ1) is 8.31. The number of amides is 1. The van der Waals surface area contributed by atoms with E-state index in [-0.39, 0.29) is 5.91 Å². The van der Waals surface area contributed by atoms with E-state index in [0.29, 0.717) is 19.1 Å². The van der Waals surface area contributed by atoms with Gasteiger partial charge in [0, 0.05) is 25.7 Å². The molecule has 2 fully saturated rings. The molecule has 1 saturated carbocycles. The summed E-state index contributed by atoms with van der Waals surface area (Å²) in [5.41, 5.74) is 0. The fraction of sp³-hybridized carbons (Fsp3) is 0.769. The first kappa shape index (κ1) is 12.6. The quantitative estimate of drug-likeness (QED) is 0.706. The van der Waals surface area contributed by atoms with Gasteiger partial charge in [0.2, 0.25) is 5.91 Å². The topological polar surface area (TPSA) is 35.6 Å². The lowest BCUT2D eigenvalue weighted by atomic mass is 10.3. The van der Waals surface area contributed by atoms with Crippen molar-refractivity contribution in [3.05, 3.63) is 12.7 Å². The molecule has 1 heterocycles. The van der Waals surface area contributed by atoms with Gasteiger partial charge in [-0.15, -0.1) is 6.58 Å². The maximum Gasteiger partial charge on any atom is 0.237 e. The molecule has 2 rings (SSSR count). The van der Waals surface area contributed by atoms with Crippen molar-refractivity contribution in [1.82, 2.24) is 15.1 Å². The van der Waals surface area contributed by atoms with E-state index in [1.807, 2.05) is 11.0 Å². The van der Waals surface area contributed by atoms with Crippen molar-refractivity contribution in [3.8, 4) is 0 Å². The molecule has 1 aliphatic carbocycles. The number of hydrogen-bond donors (Lipinski definition) is 1. The predicted octanol–water partition coefficient (Wildman–Crippen LogP) is 0.459. The Kier molecular flexibility index (Phi) is 4.57. The summed E-state index contributed by atoms with van der Waals surface area (Å²) >= 11 is 0. The van der Waals surface area contributed by atoms with Crippen LogP contribution in [0.3, 0.4) is 0 Å². The Bertz CT molecular complexity index is 268. The highest BCUT2D eigenvalue weighted by Crippen LogP contribution is 2.26. The summed E-state index contributed by atoms with van der Waals surface area (Å²) in [5.74, 6) is 0.273. The van der Waals surface area contributed by atoms with Gasteiger partial charge in [0.05, 0.1) is 6.54 Å². The van der Waals surface area contributed by atoms with Gasteiger partial charge in [0.25, 0.3) is 0 Å². The highest BCUT2D eigenvalue weighted by atomic mass is 16.2. The van der Waals surface area contributed by atoms with E-state index in [9.17, 15) is 4.79 Å². The van der Waals surface area contributed by atoms with Crippen LogP contribution in [0.2, 0.25) is 0 Å². The van der Waals surface area contributed by atoms with Crippen molar-refractivity contribution in [2.75, 3.05) is 39.3 Å². The Morgan fingerprint density at radius 1 is 1.41 bits per heavy atom. The Balaban J connectivity index is 1.82. The zero-order chi connectivity index (χ0) is 12.1. The van der Waals surface area contributed by atoms with E-state index in [4.69, 9.17) is 0 Å². The van der Waals surface area contributed by atoms with Crippen LogP contribution in [0.25, 0.3) is 0 Å². The molecule has 2 aliphatic rings. The largest absolute Gasteiger partial charge is 0.335 e. The predicted molar refractivity (Wildman–Crippen MR) is 68.9 cm³/mol. The van der Waals surface area contributed by atoms with Gasteiger partial charge < -0.3 is 10.2 Å². The van der Waals surface area contributed by atoms with Gasteiger partial charge in [-0.1, -0.05) is 6.08 Å². The van der Waals surface area contributed by atoms with Crippen molar-refractivity contribution < 1.29 is 4.79 Å². The van der Waals surface area contributed by atoms with E-state index in [1.165, 1.54) is 12.8 Å². The van der Waals surface area contributed by atoms with Gasteiger partial charge in [-0.3, -0.25) is 9.69 Å². The molecule has 0 radical (unpaired) electrons. The molecule has 0 aromatic rings. The minimum absolute atomic E-state index is 0.273. The Hall–Kier alpha value is -0.870. The molecular formula is C13H23N3O. The lowest BCUT2D eigenvalue weighted by molar-refractivity contribution is -0.132. The summed E-state index contributed by atoms with van der Waals surface area (Å²) < 4.78 is 0. The number of rotatable bonds is 5. The van der Waals surface area contributed by atoms with Crippen LogP contribution in [0.15, 0.2) is 12.7 Å². The Labute approximate surface area is 104 Å². The van der Waals surface area contributed by atoms with E-state index in [0.717, 1.165) is 32.6 Å². The molecule has 4 nitrogen and oxygen atoms in total.